The second-order valence-corrected chi connectivity index (χ2v) is 4.98. The predicted molar refractivity (Wildman–Crippen MR) is 73.1 cm³/mol. The molecule has 2 aromatic rings. The van der Waals surface area contributed by atoms with Gasteiger partial charge in [-0.2, -0.15) is 0 Å². The molecule has 0 unspecified atom stereocenters. The number of aliphatic hydroxyl groups excluding tert-OH is 1. The summed E-state index contributed by atoms with van der Waals surface area (Å²) in [5.41, 5.74) is 2.89. The summed E-state index contributed by atoms with van der Waals surface area (Å²) >= 11 is 1.66. The van der Waals surface area contributed by atoms with E-state index in [0.29, 0.717) is 0 Å². The van der Waals surface area contributed by atoms with Gasteiger partial charge in [-0.3, -0.25) is 0 Å². The predicted octanol–water partition coefficient (Wildman–Crippen LogP) is 2.43. The van der Waals surface area contributed by atoms with Gasteiger partial charge in [-0.05, 0) is 30.2 Å². The van der Waals surface area contributed by atoms with Crippen molar-refractivity contribution in [3.05, 3.63) is 53.6 Å². The highest BCUT2D eigenvalue weighted by Crippen LogP contribution is 2.32. The van der Waals surface area contributed by atoms with Gasteiger partial charge >= 0.3 is 0 Å². The van der Waals surface area contributed by atoms with E-state index in [2.05, 4.69) is 0 Å². The van der Waals surface area contributed by atoms with Gasteiger partial charge < -0.3 is 5.11 Å². The smallest absolute Gasteiger partial charge is 0.113 e. The molecule has 0 aromatic heterocycles. The first-order chi connectivity index (χ1) is 8.20. The van der Waals surface area contributed by atoms with Crippen molar-refractivity contribution < 1.29 is 5.11 Å². The van der Waals surface area contributed by atoms with E-state index in [0.717, 1.165) is 21.5 Å². The third-order valence-corrected chi connectivity index (χ3v) is 3.86. The number of hydrogen-bond acceptors (Lipinski definition) is 2. The lowest BCUT2D eigenvalue weighted by Crippen LogP contribution is -2.01. The Morgan fingerprint density at radius 3 is 2.59 bits per heavy atom. The first-order valence-corrected chi connectivity index (χ1v) is 6.25. The van der Waals surface area contributed by atoms with Crippen LogP contribution >= 0.6 is 11.8 Å². The normalized spacial score (nSPS) is 10.5. The van der Waals surface area contributed by atoms with Gasteiger partial charge in [0.15, 0.2) is 0 Å². The molecule has 2 radical (unpaired) electrons. The van der Waals surface area contributed by atoms with Gasteiger partial charge in [-0.1, -0.05) is 47.6 Å². The first-order valence-electron chi connectivity index (χ1n) is 5.43. The average molecular weight is 240 g/mol. The molecule has 84 valence electrons. The molecule has 1 nitrogen and oxygen atoms in total. The lowest BCUT2D eigenvalue weighted by molar-refractivity contribution is 0.279. The molecule has 2 rings (SSSR count). The number of benzene rings is 2. The van der Waals surface area contributed by atoms with Crippen molar-refractivity contribution >= 4 is 25.1 Å². The van der Waals surface area contributed by atoms with Crippen LogP contribution < -0.4 is 5.46 Å². The second-order valence-electron chi connectivity index (χ2n) is 3.89. The molecule has 0 atom stereocenters. The molecule has 2 aromatic carbocycles. The van der Waals surface area contributed by atoms with Gasteiger partial charge in [-0.15, -0.1) is 0 Å². The topological polar surface area (TPSA) is 20.2 Å². The fraction of sp³-hybridized carbons (Fsp3) is 0.143. The van der Waals surface area contributed by atoms with Crippen LogP contribution in [0, 0.1) is 6.92 Å². The maximum atomic E-state index is 9.28. The molecule has 17 heavy (non-hydrogen) atoms. The van der Waals surface area contributed by atoms with Crippen LogP contribution in [0.3, 0.4) is 0 Å². The van der Waals surface area contributed by atoms with E-state index in [-0.39, 0.29) is 6.61 Å². The molecule has 0 aliphatic heterocycles. The molecule has 0 amide bonds. The van der Waals surface area contributed by atoms with E-state index in [4.69, 9.17) is 7.85 Å². The summed E-state index contributed by atoms with van der Waals surface area (Å²) in [4.78, 5) is 2.25. The van der Waals surface area contributed by atoms with Crippen LogP contribution in [-0.2, 0) is 6.61 Å². The molecule has 0 aliphatic rings. The molecule has 1 N–H and O–H groups in total. The molecule has 0 spiro atoms. The van der Waals surface area contributed by atoms with Crippen molar-refractivity contribution in [2.75, 3.05) is 0 Å². The highest BCUT2D eigenvalue weighted by atomic mass is 32.2. The van der Waals surface area contributed by atoms with Crippen LogP contribution in [0.1, 0.15) is 11.1 Å². The summed E-state index contributed by atoms with van der Waals surface area (Å²) < 4.78 is 0. The second kappa shape index (κ2) is 5.43. The number of rotatable bonds is 3. The average Bonchev–Trinajstić information content (AvgIpc) is 2.33. The van der Waals surface area contributed by atoms with Crippen LogP contribution in [0.15, 0.2) is 52.3 Å². The summed E-state index contributed by atoms with van der Waals surface area (Å²) in [5, 5.41) is 9.28. The maximum absolute atomic E-state index is 9.28. The Morgan fingerprint density at radius 2 is 1.88 bits per heavy atom. The third kappa shape index (κ3) is 2.93. The van der Waals surface area contributed by atoms with Gasteiger partial charge in [0.2, 0.25) is 0 Å². The minimum atomic E-state index is 0.0667. The SMILES string of the molecule is [B]c1ccc(Sc2ccccc2CO)c(C)c1. The zero-order valence-electron chi connectivity index (χ0n) is 9.68. The van der Waals surface area contributed by atoms with E-state index in [1.165, 1.54) is 4.90 Å². The Hall–Kier alpha value is -1.19. The summed E-state index contributed by atoms with van der Waals surface area (Å²) in [7, 11) is 5.73. The molecular formula is C14H13BOS. The highest BCUT2D eigenvalue weighted by molar-refractivity contribution is 7.99. The minimum absolute atomic E-state index is 0.0667. The van der Waals surface area contributed by atoms with E-state index < -0.39 is 0 Å². The zero-order valence-corrected chi connectivity index (χ0v) is 10.5. The lowest BCUT2D eigenvalue weighted by Gasteiger charge is -2.09. The summed E-state index contributed by atoms with van der Waals surface area (Å²) in [5.74, 6) is 0. The van der Waals surface area contributed by atoms with Crippen LogP contribution in [0.2, 0.25) is 0 Å². The quantitative estimate of drug-likeness (QED) is 0.831. The Kier molecular flexibility index (Phi) is 3.92. The number of hydrogen-bond donors (Lipinski definition) is 1. The Labute approximate surface area is 107 Å². The van der Waals surface area contributed by atoms with Crippen molar-refractivity contribution in [1.82, 2.24) is 0 Å². The first kappa shape index (κ1) is 12.3. The monoisotopic (exact) mass is 240 g/mol. The van der Waals surface area contributed by atoms with Crippen LogP contribution in [0.25, 0.3) is 0 Å². The van der Waals surface area contributed by atoms with Gasteiger partial charge in [0, 0.05) is 9.79 Å². The van der Waals surface area contributed by atoms with Crippen LogP contribution in [0.5, 0.6) is 0 Å². The van der Waals surface area contributed by atoms with Crippen LogP contribution in [0.4, 0.5) is 0 Å². The molecule has 0 saturated heterocycles. The fourth-order valence-corrected chi connectivity index (χ4v) is 2.64. The largest absolute Gasteiger partial charge is 0.392 e. The van der Waals surface area contributed by atoms with Crippen molar-refractivity contribution in [1.29, 1.82) is 0 Å². The third-order valence-electron chi connectivity index (χ3n) is 2.56. The number of aryl methyl sites for hydroxylation is 1. The minimum Gasteiger partial charge on any atom is -0.392 e. The Morgan fingerprint density at radius 1 is 1.12 bits per heavy atom. The zero-order chi connectivity index (χ0) is 12.3. The molecule has 0 aliphatic carbocycles. The van der Waals surface area contributed by atoms with Gasteiger partial charge in [0.25, 0.3) is 0 Å². The number of aliphatic hydroxyl groups is 1. The van der Waals surface area contributed by atoms with E-state index in [1.807, 2.05) is 49.4 Å². The summed E-state index contributed by atoms with van der Waals surface area (Å²) in [6.45, 7) is 2.11. The van der Waals surface area contributed by atoms with Crippen LogP contribution in [-0.4, -0.2) is 13.0 Å². The molecular weight excluding hydrogens is 227 g/mol. The van der Waals surface area contributed by atoms with Crippen molar-refractivity contribution in [3.8, 4) is 0 Å². The van der Waals surface area contributed by atoms with Crippen molar-refractivity contribution in [2.24, 2.45) is 0 Å². The van der Waals surface area contributed by atoms with Gasteiger partial charge in [0.1, 0.15) is 7.85 Å². The van der Waals surface area contributed by atoms with E-state index in [9.17, 15) is 5.11 Å². The molecule has 0 fully saturated rings. The molecule has 0 heterocycles. The Bertz CT molecular complexity index is 525. The standard InChI is InChI=1S/C14H13BOS/c1-10-8-12(15)6-7-13(10)17-14-5-3-2-4-11(14)9-16/h2-8,16H,9H2,1H3. The van der Waals surface area contributed by atoms with Gasteiger partial charge in [-0.25, -0.2) is 0 Å². The molecule has 0 saturated carbocycles. The lowest BCUT2D eigenvalue weighted by atomic mass is 9.95. The molecule has 3 heteroatoms. The Balaban J connectivity index is 2.31. The highest BCUT2D eigenvalue weighted by Gasteiger charge is 2.05. The molecule has 0 bridgehead atoms. The van der Waals surface area contributed by atoms with E-state index >= 15 is 0 Å². The van der Waals surface area contributed by atoms with Crippen molar-refractivity contribution in [3.63, 3.8) is 0 Å². The fourth-order valence-electron chi connectivity index (χ4n) is 1.64. The van der Waals surface area contributed by atoms with Gasteiger partial charge in [0.05, 0.1) is 6.61 Å². The maximum Gasteiger partial charge on any atom is 0.113 e. The summed E-state index contributed by atoms with van der Waals surface area (Å²) in [6, 6.07) is 13.8. The summed E-state index contributed by atoms with van der Waals surface area (Å²) in [6.07, 6.45) is 0. The van der Waals surface area contributed by atoms with E-state index in [1.54, 1.807) is 11.8 Å². The van der Waals surface area contributed by atoms with Crippen molar-refractivity contribution in [2.45, 2.75) is 23.3 Å².